The first kappa shape index (κ1) is 20.9. The quantitative estimate of drug-likeness (QED) is 0.367. The number of allylic oxidation sites excluding steroid dienone is 1. The van der Waals surface area contributed by atoms with Gasteiger partial charge >= 0.3 is 6.18 Å². The molecule has 1 unspecified atom stereocenters. The van der Waals surface area contributed by atoms with Crippen LogP contribution in [-0.4, -0.2) is 14.7 Å². The van der Waals surface area contributed by atoms with Crippen LogP contribution in [-0.2, 0) is 6.18 Å². The molecule has 1 atom stereocenters. The van der Waals surface area contributed by atoms with E-state index in [0.29, 0.717) is 0 Å². The first-order valence-electron chi connectivity index (χ1n) is 8.89. The van der Waals surface area contributed by atoms with Gasteiger partial charge in [-0.3, -0.25) is 10.1 Å². The van der Waals surface area contributed by atoms with E-state index in [9.17, 15) is 32.9 Å². The first-order valence-corrected chi connectivity index (χ1v) is 8.89. The predicted octanol–water partition coefficient (Wildman–Crippen LogP) is 4.16. The van der Waals surface area contributed by atoms with Gasteiger partial charge in [0.15, 0.2) is 5.69 Å². The van der Waals surface area contributed by atoms with Crippen LogP contribution in [0.25, 0.3) is 5.69 Å². The molecule has 0 saturated carbocycles. The molecule has 0 bridgehead atoms. The molecule has 1 aromatic heterocycles. The molecule has 0 amide bonds. The fourth-order valence-corrected chi connectivity index (χ4v) is 3.43. The molecular weight excluding hydrogens is 434 g/mol. The second-order valence-corrected chi connectivity index (χ2v) is 6.73. The Hall–Kier alpha value is -4.40. The fourth-order valence-electron chi connectivity index (χ4n) is 3.43. The number of aromatic nitrogens is 2. The fraction of sp³-hybridized carbons (Fsp3) is 0.100. The summed E-state index contributed by atoms with van der Waals surface area (Å²) in [6, 6.07) is 10.9. The number of fused-ring (bicyclic) bond motifs is 1. The summed E-state index contributed by atoms with van der Waals surface area (Å²) in [7, 11) is 0. The van der Waals surface area contributed by atoms with E-state index in [1.807, 2.05) is 0 Å². The van der Waals surface area contributed by atoms with E-state index in [0.717, 1.165) is 28.9 Å². The summed E-state index contributed by atoms with van der Waals surface area (Å²) < 4.78 is 61.3. The molecule has 4 rings (SSSR count). The number of nitrogens with two attached hydrogens (primary N) is 1. The number of nitrogens with zero attached hydrogens (tertiary/aromatic N) is 4. The van der Waals surface area contributed by atoms with E-state index in [4.69, 9.17) is 10.5 Å². The lowest BCUT2D eigenvalue weighted by molar-refractivity contribution is -0.384. The van der Waals surface area contributed by atoms with Gasteiger partial charge in [0.25, 0.3) is 5.69 Å². The summed E-state index contributed by atoms with van der Waals surface area (Å²) in [5, 5.41) is 24.2. The Morgan fingerprint density at radius 1 is 1.16 bits per heavy atom. The van der Waals surface area contributed by atoms with E-state index < -0.39 is 45.9 Å². The number of benzene rings is 2. The van der Waals surface area contributed by atoms with Crippen LogP contribution in [0.3, 0.4) is 0 Å². The topological polar surface area (TPSA) is 120 Å². The lowest BCUT2D eigenvalue weighted by Crippen LogP contribution is -2.23. The molecule has 0 radical (unpaired) electrons. The Morgan fingerprint density at radius 3 is 2.31 bits per heavy atom. The van der Waals surface area contributed by atoms with Gasteiger partial charge in [-0.05, 0) is 29.8 Å². The molecule has 2 aromatic carbocycles. The number of non-ortho nitro benzene ring substituents is 1. The number of hydrogen-bond acceptors (Lipinski definition) is 6. The maximum atomic E-state index is 13.9. The van der Waals surface area contributed by atoms with Gasteiger partial charge in [0.1, 0.15) is 17.5 Å². The van der Waals surface area contributed by atoms with Crippen LogP contribution in [0.5, 0.6) is 5.88 Å². The smallest absolute Gasteiger partial charge is 0.422 e. The van der Waals surface area contributed by atoms with Crippen molar-refractivity contribution in [3.8, 4) is 17.6 Å². The number of ether oxygens (including phenoxy) is 1. The van der Waals surface area contributed by atoms with Crippen LogP contribution in [0.2, 0.25) is 0 Å². The summed E-state index contributed by atoms with van der Waals surface area (Å²) in [5.41, 5.74) is 3.64. The van der Waals surface area contributed by atoms with Crippen molar-refractivity contribution in [2.75, 3.05) is 0 Å². The second-order valence-electron chi connectivity index (χ2n) is 6.73. The molecule has 1 aliphatic rings. The summed E-state index contributed by atoms with van der Waals surface area (Å²) >= 11 is 0. The SMILES string of the molecule is N#CC1=C(N)Oc2c(c(C(F)(F)F)nn2-c2ccc(F)cc2)C1c1ccc([N+](=O)[O-])cc1. The molecule has 162 valence electrons. The monoisotopic (exact) mass is 445 g/mol. The van der Waals surface area contributed by atoms with Crippen molar-refractivity contribution in [3.05, 3.63) is 92.7 Å². The van der Waals surface area contributed by atoms with Crippen molar-refractivity contribution in [2.45, 2.75) is 12.1 Å². The second kappa shape index (κ2) is 7.38. The highest BCUT2D eigenvalue weighted by Gasteiger charge is 2.46. The van der Waals surface area contributed by atoms with Crippen LogP contribution in [0.15, 0.2) is 60.0 Å². The zero-order valence-corrected chi connectivity index (χ0v) is 15.8. The van der Waals surface area contributed by atoms with Crippen molar-refractivity contribution >= 4 is 5.69 Å². The van der Waals surface area contributed by atoms with E-state index in [1.165, 1.54) is 24.3 Å². The minimum Gasteiger partial charge on any atom is -0.422 e. The van der Waals surface area contributed by atoms with E-state index >= 15 is 0 Å². The number of halogens is 4. The number of nitro benzene ring substituents is 1. The zero-order chi connectivity index (χ0) is 23.2. The lowest BCUT2D eigenvalue weighted by Gasteiger charge is -2.25. The molecule has 2 N–H and O–H groups in total. The molecule has 8 nitrogen and oxygen atoms in total. The van der Waals surface area contributed by atoms with E-state index in [1.54, 1.807) is 6.07 Å². The Balaban J connectivity index is 2.00. The Kier molecular flexibility index (Phi) is 4.81. The molecule has 32 heavy (non-hydrogen) atoms. The van der Waals surface area contributed by atoms with Gasteiger partial charge in [-0.25, -0.2) is 4.39 Å². The van der Waals surface area contributed by atoms with Crippen LogP contribution in [0.4, 0.5) is 23.2 Å². The normalized spacial score (nSPS) is 15.7. The maximum Gasteiger partial charge on any atom is 0.435 e. The third-order valence-electron chi connectivity index (χ3n) is 4.82. The lowest BCUT2D eigenvalue weighted by atomic mass is 9.84. The predicted molar refractivity (Wildman–Crippen MR) is 101 cm³/mol. The summed E-state index contributed by atoms with van der Waals surface area (Å²) in [4.78, 5) is 10.3. The minimum atomic E-state index is -4.94. The average molecular weight is 445 g/mol. The van der Waals surface area contributed by atoms with Crippen molar-refractivity contribution in [1.29, 1.82) is 5.26 Å². The van der Waals surface area contributed by atoms with Crippen LogP contribution < -0.4 is 10.5 Å². The summed E-state index contributed by atoms with van der Waals surface area (Å²) in [6.45, 7) is 0. The van der Waals surface area contributed by atoms with Gasteiger partial charge in [0, 0.05) is 12.1 Å². The van der Waals surface area contributed by atoms with Gasteiger partial charge in [0.05, 0.1) is 22.1 Å². The average Bonchev–Trinajstić information content (AvgIpc) is 3.12. The Morgan fingerprint density at radius 2 is 1.78 bits per heavy atom. The number of nitro groups is 1. The molecular formula is C20H11F4N5O3. The summed E-state index contributed by atoms with van der Waals surface area (Å²) in [5.74, 6) is -2.80. The third kappa shape index (κ3) is 3.39. The largest absolute Gasteiger partial charge is 0.435 e. The van der Waals surface area contributed by atoms with Gasteiger partial charge in [0.2, 0.25) is 11.8 Å². The van der Waals surface area contributed by atoms with Crippen LogP contribution >= 0.6 is 0 Å². The van der Waals surface area contributed by atoms with Crippen molar-refractivity contribution in [2.24, 2.45) is 5.73 Å². The van der Waals surface area contributed by atoms with Gasteiger partial charge < -0.3 is 10.5 Å². The molecule has 0 spiro atoms. The Labute approximate surface area is 176 Å². The Bertz CT molecular complexity index is 1290. The number of rotatable bonds is 3. The third-order valence-corrected chi connectivity index (χ3v) is 4.82. The zero-order valence-electron chi connectivity index (χ0n) is 15.8. The maximum absolute atomic E-state index is 13.9. The highest BCUT2D eigenvalue weighted by molar-refractivity contribution is 5.58. The number of alkyl halides is 3. The van der Waals surface area contributed by atoms with Crippen molar-refractivity contribution < 1.29 is 27.2 Å². The van der Waals surface area contributed by atoms with E-state index in [-0.39, 0.29) is 22.5 Å². The standard InChI is InChI=1S/C20H11F4N5O3/c21-11-3-7-12(8-4-11)28-19-16(17(27-28)20(22,23)24)15(14(9-25)18(26)32-19)10-1-5-13(6-2-10)29(30)31/h1-8,15H,26H2. The molecule has 0 aliphatic carbocycles. The highest BCUT2D eigenvalue weighted by atomic mass is 19.4. The highest BCUT2D eigenvalue weighted by Crippen LogP contribution is 2.48. The van der Waals surface area contributed by atoms with Crippen LogP contribution in [0.1, 0.15) is 22.7 Å². The molecule has 0 saturated heterocycles. The molecule has 1 aliphatic heterocycles. The molecule has 0 fully saturated rings. The molecule has 12 heteroatoms. The first-order chi connectivity index (χ1) is 15.1. The van der Waals surface area contributed by atoms with Crippen LogP contribution in [0, 0.1) is 27.3 Å². The van der Waals surface area contributed by atoms with Gasteiger partial charge in [-0.2, -0.15) is 28.2 Å². The minimum absolute atomic E-state index is 0.0637. The van der Waals surface area contributed by atoms with Gasteiger partial charge in [-0.1, -0.05) is 12.1 Å². The van der Waals surface area contributed by atoms with E-state index in [2.05, 4.69) is 5.10 Å². The van der Waals surface area contributed by atoms with Gasteiger partial charge in [-0.15, -0.1) is 0 Å². The van der Waals surface area contributed by atoms with Crippen molar-refractivity contribution in [1.82, 2.24) is 9.78 Å². The summed E-state index contributed by atoms with van der Waals surface area (Å²) in [6.07, 6.45) is -4.94. The van der Waals surface area contributed by atoms with Crippen molar-refractivity contribution in [3.63, 3.8) is 0 Å². The molecule has 2 heterocycles. The number of nitriles is 1. The molecule has 3 aromatic rings. The number of hydrogen-bond donors (Lipinski definition) is 1.